The van der Waals surface area contributed by atoms with Gasteiger partial charge >= 0.3 is 0 Å². The second-order valence-corrected chi connectivity index (χ2v) is 8.83. The van der Waals surface area contributed by atoms with Crippen LogP contribution in [0.25, 0.3) is 10.9 Å². The quantitative estimate of drug-likeness (QED) is 0.661. The molecular formula is C19H20ClN3O3S. The lowest BCUT2D eigenvalue weighted by molar-refractivity contribution is 0.0954. The van der Waals surface area contributed by atoms with Gasteiger partial charge < -0.3 is 10.3 Å². The van der Waals surface area contributed by atoms with Crippen molar-refractivity contribution in [2.75, 3.05) is 20.6 Å². The molecule has 0 aliphatic heterocycles. The lowest BCUT2D eigenvalue weighted by Crippen LogP contribution is -2.27. The number of rotatable bonds is 6. The number of aromatic amines is 1. The Hall–Kier alpha value is -2.35. The second-order valence-electron chi connectivity index (χ2n) is 6.30. The Morgan fingerprint density at radius 3 is 2.67 bits per heavy atom. The number of nitrogens with one attached hydrogen (secondary N) is 2. The van der Waals surface area contributed by atoms with Crippen molar-refractivity contribution in [3.8, 4) is 0 Å². The van der Waals surface area contributed by atoms with E-state index in [9.17, 15) is 13.2 Å². The van der Waals surface area contributed by atoms with Gasteiger partial charge in [0.15, 0.2) is 0 Å². The molecule has 2 N–H and O–H groups in total. The minimum absolute atomic E-state index is 0.0824. The summed E-state index contributed by atoms with van der Waals surface area (Å²) in [7, 11) is -0.894. The number of hydrogen-bond acceptors (Lipinski definition) is 3. The number of nitrogens with zero attached hydrogens (tertiary/aromatic N) is 1. The molecule has 8 heteroatoms. The average molecular weight is 406 g/mol. The van der Waals surface area contributed by atoms with Crippen molar-refractivity contribution >= 4 is 38.4 Å². The van der Waals surface area contributed by atoms with E-state index in [1.54, 1.807) is 0 Å². The highest BCUT2D eigenvalue weighted by Gasteiger charge is 2.22. The fraction of sp³-hybridized carbons (Fsp3) is 0.211. The molecule has 0 spiro atoms. The Bertz CT molecular complexity index is 1090. The predicted octanol–water partition coefficient (Wildman–Crippen LogP) is 3.04. The number of fused-ring (bicyclic) bond motifs is 1. The molecule has 0 unspecified atom stereocenters. The molecule has 6 nitrogen and oxygen atoms in total. The topological polar surface area (TPSA) is 82.3 Å². The Morgan fingerprint density at radius 2 is 1.93 bits per heavy atom. The van der Waals surface area contributed by atoms with Crippen LogP contribution in [0.3, 0.4) is 0 Å². The van der Waals surface area contributed by atoms with Crippen molar-refractivity contribution in [1.29, 1.82) is 0 Å². The van der Waals surface area contributed by atoms with E-state index in [4.69, 9.17) is 11.6 Å². The summed E-state index contributed by atoms with van der Waals surface area (Å²) < 4.78 is 25.7. The Balaban J connectivity index is 1.71. The number of H-pyrrole nitrogens is 1. The molecule has 0 aliphatic carbocycles. The maximum absolute atomic E-state index is 12.4. The number of para-hydroxylation sites is 1. The molecule has 0 saturated heterocycles. The zero-order valence-corrected chi connectivity index (χ0v) is 16.6. The first-order valence-corrected chi connectivity index (χ1v) is 10.2. The van der Waals surface area contributed by atoms with Gasteiger partial charge in [-0.05, 0) is 36.2 Å². The minimum Gasteiger partial charge on any atom is -0.361 e. The normalized spacial score (nSPS) is 11.9. The molecule has 3 aromatic rings. The fourth-order valence-corrected chi connectivity index (χ4v) is 4.18. The van der Waals surface area contributed by atoms with Crippen LogP contribution >= 0.6 is 11.6 Å². The minimum atomic E-state index is -3.73. The maximum atomic E-state index is 12.4. The lowest BCUT2D eigenvalue weighted by Gasteiger charge is -2.14. The van der Waals surface area contributed by atoms with Gasteiger partial charge in [0.2, 0.25) is 10.0 Å². The third-order valence-electron chi connectivity index (χ3n) is 4.31. The lowest BCUT2D eigenvalue weighted by atomic mass is 10.1. The number of amides is 1. The van der Waals surface area contributed by atoms with Gasteiger partial charge in [-0.2, -0.15) is 0 Å². The standard InChI is InChI=1S/C19H20ClN3O3S/c1-23(2)27(25,26)18-11-13(7-8-16(18)20)19(24)21-10-9-14-12-22-17-6-4-3-5-15(14)17/h3-8,11-12,22H,9-10H2,1-2H3,(H,21,24). The number of carbonyl (C=O) groups is 1. The van der Waals surface area contributed by atoms with Crippen LogP contribution < -0.4 is 5.32 Å². The molecule has 2 aromatic carbocycles. The van der Waals surface area contributed by atoms with Crippen molar-refractivity contribution < 1.29 is 13.2 Å². The number of aromatic nitrogens is 1. The van der Waals surface area contributed by atoms with Gasteiger partial charge in [-0.3, -0.25) is 4.79 Å². The van der Waals surface area contributed by atoms with Crippen LogP contribution in [0.2, 0.25) is 5.02 Å². The van der Waals surface area contributed by atoms with E-state index in [1.807, 2.05) is 30.5 Å². The Morgan fingerprint density at radius 1 is 1.19 bits per heavy atom. The van der Waals surface area contributed by atoms with Crippen molar-refractivity contribution in [1.82, 2.24) is 14.6 Å². The summed E-state index contributed by atoms with van der Waals surface area (Å²) in [6.07, 6.45) is 2.59. The van der Waals surface area contributed by atoms with Gasteiger partial charge in [0.25, 0.3) is 5.91 Å². The molecule has 0 bridgehead atoms. The third kappa shape index (κ3) is 4.00. The van der Waals surface area contributed by atoms with Crippen molar-refractivity contribution in [3.63, 3.8) is 0 Å². The first-order valence-electron chi connectivity index (χ1n) is 8.36. The molecule has 1 heterocycles. The van der Waals surface area contributed by atoms with Crippen molar-refractivity contribution in [2.45, 2.75) is 11.3 Å². The molecule has 142 valence electrons. The monoisotopic (exact) mass is 405 g/mol. The molecule has 0 fully saturated rings. The SMILES string of the molecule is CN(C)S(=O)(=O)c1cc(C(=O)NCCc2c[nH]c3ccccc23)ccc1Cl. The molecular weight excluding hydrogens is 386 g/mol. The maximum Gasteiger partial charge on any atom is 0.251 e. The molecule has 0 aliphatic rings. The van der Waals surface area contributed by atoms with Crippen LogP contribution in [0.4, 0.5) is 0 Å². The van der Waals surface area contributed by atoms with Gasteiger partial charge in [-0.25, -0.2) is 12.7 Å². The highest BCUT2D eigenvalue weighted by atomic mass is 35.5. The Labute approximate surface area is 163 Å². The summed E-state index contributed by atoms with van der Waals surface area (Å²) in [6, 6.07) is 12.2. The van der Waals surface area contributed by atoms with E-state index in [0.717, 1.165) is 20.8 Å². The fourth-order valence-electron chi connectivity index (χ4n) is 2.79. The van der Waals surface area contributed by atoms with Crippen molar-refractivity contribution in [2.24, 2.45) is 0 Å². The molecule has 1 aromatic heterocycles. The molecule has 0 atom stereocenters. The zero-order valence-electron chi connectivity index (χ0n) is 15.0. The first kappa shape index (κ1) is 19.4. The van der Waals surface area contributed by atoms with Gasteiger partial charge in [0.05, 0.1) is 5.02 Å². The Kier molecular flexibility index (Phi) is 5.55. The van der Waals surface area contributed by atoms with Gasteiger partial charge in [0.1, 0.15) is 4.90 Å². The largest absolute Gasteiger partial charge is 0.361 e. The summed E-state index contributed by atoms with van der Waals surface area (Å²) in [5.74, 6) is -0.346. The van der Waals surface area contributed by atoms with Crippen LogP contribution in [0, 0.1) is 0 Å². The first-order chi connectivity index (χ1) is 12.8. The molecule has 0 saturated carbocycles. The molecule has 3 rings (SSSR count). The van der Waals surface area contributed by atoms with Crippen LogP contribution in [-0.4, -0.2) is 44.3 Å². The summed E-state index contributed by atoms with van der Waals surface area (Å²) in [4.78, 5) is 15.5. The van der Waals surface area contributed by atoms with Crippen LogP contribution in [-0.2, 0) is 16.4 Å². The summed E-state index contributed by atoms with van der Waals surface area (Å²) in [5.41, 5.74) is 2.41. The van der Waals surface area contributed by atoms with E-state index >= 15 is 0 Å². The number of halogens is 1. The third-order valence-corrected chi connectivity index (χ3v) is 6.60. The number of benzene rings is 2. The van der Waals surface area contributed by atoms with E-state index in [-0.39, 0.29) is 21.4 Å². The van der Waals surface area contributed by atoms with Crippen molar-refractivity contribution in [3.05, 3.63) is 64.8 Å². The average Bonchev–Trinajstić information content (AvgIpc) is 3.05. The summed E-state index contributed by atoms with van der Waals surface area (Å²) in [6.45, 7) is 0.430. The number of hydrogen-bond donors (Lipinski definition) is 2. The van der Waals surface area contributed by atoms with E-state index in [0.29, 0.717) is 13.0 Å². The molecule has 27 heavy (non-hydrogen) atoms. The van der Waals surface area contributed by atoms with Gasteiger partial charge in [-0.15, -0.1) is 0 Å². The highest BCUT2D eigenvalue weighted by Crippen LogP contribution is 2.25. The van der Waals surface area contributed by atoms with Crippen LogP contribution in [0.1, 0.15) is 15.9 Å². The summed E-state index contributed by atoms with van der Waals surface area (Å²) >= 11 is 6.02. The van der Waals surface area contributed by atoms with Gasteiger partial charge in [-0.1, -0.05) is 29.8 Å². The van der Waals surface area contributed by atoms with E-state index in [2.05, 4.69) is 10.3 Å². The highest BCUT2D eigenvalue weighted by molar-refractivity contribution is 7.89. The molecule has 0 radical (unpaired) electrons. The predicted molar refractivity (Wildman–Crippen MR) is 107 cm³/mol. The van der Waals surface area contributed by atoms with Crippen LogP contribution in [0.15, 0.2) is 53.6 Å². The molecule has 1 amide bonds. The zero-order chi connectivity index (χ0) is 19.6. The van der Waals surface area contributed by atoms with Crippen LogP contribution in [0.5, 0.6) is 0 Å². The van der Waals surface area contributed by atoms with E-state index in [1.165, 1.54) is 32.3 Å². The number of sulfonamides is 1. The number of carbonyl (C=O) groups excluding carboxylic acids is 1. The smallest absolute Gasteiger partial charge is 0.251 e. The van der Waals surface area contributed by atoms with Gasteiger partial charge in [0, 0.05) is 43.3 Å². The summed E-state index contributed by atoms with van der Waals surface area (Å²) in [5, 5.41) is 4.03. The van der Waals surface area contributed by atoms with E-state index < -0.39 is 10.0 Å². The second kappa shape index (κ2) is 7.72.